The van der Waals surface area contributed by atoms with Gasteiger partial charge in [-0.3, -0.25) is 0 Å². The normalized spacial score (nSPS) is 9.75. The topological polar surface area (TPSA) is 0 Å². The fourth-order valence-electron chi connectivity index (χ4n) is 0.600. The second-order valence-electron chi connectivity index (χ2n) is 1.91. The summed E-state index contributed by atoms with van der Waals surface area (Å²) in [4.78, 5) is 0. The predicted molar refractivity (Wildman–Crippen MR) is 42.2 cm³/mol. The molecule has 0 saturated heterocycles. The van der Waals surface area contributed by atoms with E-state index in [4.69, 9.17) is 0 Å². The van der Waals surface area contributed by atoms with Crippen molar-refractivity contribution in [2.45, 2.75) is 25.7 Å². The van der Waals surface area contributed by atoms with Gasteiger partial charge in [0.05, 0.1) is 0 Å². The van der Waals surface area contributed by atoms with Gasteiger partial charge in [0.1, 0.15) is 0 Å². The first-order chi connectivity index (χ1) is 3.91. The van der Waals surface area contributed by atoms with Gasteiger partial charge >= 0.3 is 0 Å². The summed E-state index contributed by atoms with van der Waals surface area (Å²) in [7, 11) is 0. The Hall–Kier alpha value is 0.350. The molecule has 0 aliphatic rings. The zero-order valence-electron chi connectivity index (χ0n) is 5.65. The number of unbranched alkanes of at least 4 members (excludes halogenated alkanes) is 3. The van der Waals surface area contributed by atoms with Crippen LogP contribution in [0.3, 0.4) is 0 Å². The van der Waals surface area contributed by atoms with E-state index in [1.54, 1.807) is 0 Å². The summed E-state index contributed by atoms with van der Waals surface area (Å²) in [5.41, 5.74) is 0. The molecular weight excluding hydrogens is 116 g/mol. The molecule has 0 aromatic heterocycles. The summed E-state index contributed by atoms with van der Waals surface area (Å²) < 4.78 is 0. The summed E-state index contributed by atoms with van der Waals surface area (Å²) in [5, 5.41) is 0. The molecule has 0 saturated carbocycles. The van der Waals surface area contributed by atoms with Crippen molar-refractivity contribution in [2.75, 3.05) is 12.0 Å². The molecule has 0 rings (SSSR count). The van der Waals surface area contributed by atoms with Crippen molar-refractivity contribution in [1.29, 1.82) is 0 Å². The lowest BCUT2D eigenvalue weighted by Crippen LogP contribution is -1.77. The Balaban J connectivity index is 2.53. The lowest BCUT2D eigenvalue weighted by molar-refractivity contribution is 0.733. The lowest BCUT2D eigenvalue weighted by atomic mass is 10.2. The predicted octanol–water partition coefficient (Wildman–Crippen LogP) is 2.74. The zero-order chi connectivity index (χ0) is 6.24. The van der Waals surface area contributed by atoms with Crippen LogP contribution < -0.4 is 0 Å². The largest absolute Gasteiger partial charge is 0.165 e. The number of hydrogen-bond acceptors (Lipinski definition) is 1. The van der Waals surface area contributed by atoms with Crippen molar-refractivity contribution in [3.8, 4) is 0 Å². The molecule has 8 heavy (non-hydrogen) atoms. The maximum atomic E-state index is 3.78. The molecule has 0 atom stereocenters. The number of rotatable bonds is 5. The van der Waals surface area contributed by atoms with Gasteiger partial charge in [0.15, 0.2) is 0 Å². The van der Waals surface area contributed by atoms with E-state index in [0.717, 1.165) is 6.42 Å². The fourth-order valence-corrected chi connectivity index (χ4v) is 1.09. The van der Waals surface area contributed by atoms with Gasteiger partial charge in [0.25, 0.3) is 0 Å². The first-order valence-electron chi connectivity index (χ1n) is 3.20. The molecule has 0 amide bonds. The highest BCUT2D eigenvalue weighted by atomic mass is 32.2. The van der Waals surface area contributed by atoms with Crippen LogP contribution in [0.4, 0.5) is 0 Å². The van der Waals surface area contributed by atoms with Gasteiger partial charge in [-0.2, -0.15) is 11.8 Å². The molecule has 0 aromatic carbocycles. The second-order valence-corrected chi connectivity index (χ2v) is 2.89. The first kappa shape index (κ1) is 8.35. The molecule has 0 aliphatic carbocycles. The summed E-state index contributed by atoms with van der Waals surface area (Å²) in [6.45, 7) is 3.78. The monoisotopic (exact) mass is 131 g/mol. The van der Waals surface area contributed by atoms with Crippen LogP contribution >= 0.6 is 11.8 Å². The van der Waals surface area contributed by atoms with Crippen molar-refractivity contribution >= 4 is 11.8 Å². The van der Waals surface area contributed by atoms with Crippen LogP contribution in [0.25, 0.3) is 0 Å². The van der Waals surface area contributed by atoms with Crippen molar-refractivity contribution in [1.82, 2.24) is 0 Å². The molecule has 0 fully saturated rings. The van der Waals surface area contributed by atoms with Gasteiger partial charge in [-0.05, 0) is 18.4 Å². The van der Waals surface area contributed by atoms with E-state index in [9.17, 15) is 0 Å². The first-order valence-corrected chi connectivity index (χ1v) is 4.59. The van der Waals surface area contributed by atoms with Crippen molar-refractivity contribution in [3.05, 3.63) is 6.92 Å². The summed E-state index contributed by atoms with van der Waals surface area (Å²) in [5.74, 6) is 1.32. The van der Waals surface area contributed by atoms with E-state index in [-0.39, 0.29) is 0 Å². The highest BCUT2D eigenvalue weighted by Gasteiger charge is 1.83. The Bertz CT molecular complexity index is 29.4. The molecule has 0 aliphatic heterocycles. The van der Waals surface area contributed by atoms with Crippen LogP contribution in [0, 0.1) is 6.92 Å². The second kappa shape index (κ2) is 7.35. The minimum atomic E-state index is 1.11. The third-order valence-electron chi connectivity index (χ3n) is 1.10. The van der Waals surface area contributed by atoms with Crippen molar-refractivity contribution in [2.24, 2.45) is 0 Å². The molecule has 0 aromatic rings. The Morgan fingerprint density at radius 2 is 2.00 bits per heavy atom. The molecule has 0 N–H and O–H groups in total. The third-order valence-corrected chi connectivity index (χ3v) is 1.80. The molecule has 1 heteroatoms. The SMILES string of the molecule is [CH2]CCCCCSC. The zero-order valence-corrected chi connectivity index (χ0v) is 6.47. The standard InChI is InChI=1S/C7H15S/c1-3-4-5-6-7-8-2/h1,3-7H2,2H3. The average molecular weight is 131 g/mol. The molecule has 0 nitrogen and oxygen atoms in total. The van der Waals surface area contributed by atoms with E-state index in [0.29, 0.717) is 0 Å². The van der Waals surface area contributed by atoms with E-state index < -0.39 is 0 Å². The van der Waals surface area contributed by atoms with Crippen LogP contribution in [-0.4, -0.2) is 12.0 Å². The van der Waals surface area contributed by atoms with Gasteiger partial charge in [-0.25, -0.2) is 0 Å². The van der Waals surface area contributed by atoms with E-state index >= 15 is 0 Å². The smallest absolute Gasteiger partial charge is 0.00703 e. The quantitative estimate of drug-likeness (QED) is 0.517. The van der Waals surface area contributed by atoms with Crippen molar-refractivity contribution in [3.63, 3.8) is 0 Å². The Morgan fingerprint density at radius 3 is 2.50 bits per heavy atom. The van der Waals surface area contributed by atoms with Gasteiger partial charge in [0, 0.05) is 0 Å². The van der Waals surface area contributed by atoms with Gasteiger partial charge in [-0.15, -0.1) is 0 Å². The summed E-state index contributed by atoms with van der Waals surface area (Å²) in [6.07, 6.45) is 7.31. The summed E-state index contributed by atoms with van der Waals surface area (Å²) >= 11 is 1.93. The summed E-state index contributed by atoms with van der Waals surface area (Å²) in [6, 6.07) is 0. The maximum absolute atomic E-state index is 3.78. The van der Waals surface area contributed by atoms with E-state index in [1.807, 2.05) is 11.8 Å². The van der Waals surface area contributed by atoms with Gasteiger partial charge in [-0.1, -0.05) is 26.2 Å². The van der Waals surface area contributed by atoms with Gasteiger partial charge < -0.3 is 0 Å². The minimum Gasteiger partial charge on any atom is -0.165 e. The van der Waals surface area contributed by atoms with E-state index in [2.05, 4.69) is 13.2 Å². The minimum absolute atomic E-state index is 1.11. The highest BCUT2D eigenvalue weighted by molar-refractivity contribution is 7.98. The van der Waals surface area contributed by atoms with Crippen LogP contribution in [0.15, 0.2) is 0 Å². The fraction of sp³-hybridized carbons (Fsp3) is 0.857. The molecular formula is C7H15S. The lowest BCUT2D eigenvalue weighted by Gasteiger charge is -1.93. The van der Waals surface area contributed by atoms with E-state index in [1.165, 1.54) is 25.0 Å². The average Bonchev–Trinajstić information content (AvgIpc) is 1.81. The highest BCUT2D eigenvalue weighted by Crippen LogP contribution is 2.02. The molecule has 0 heterocycles. The Morgan fingerprint density at radius 1 is 1.25 bits per heavy atom. The molecule has 0 bridgehead atoms. The number of thioether (sulfide) groups is 1. The van der Waals surface area contributed by atoms with Gasteiger partial charge in [0.2, 0.25) is 0 Å². The van der Waals surface area contributed by atoms with Crippen molar-refractivity contribution < 1.29 is 0 Å². The Labute approximate surface area is 57.1 Å². The molecule has 1 radical (unpaired) electrons. The molecule has 49 valence electrons. The third kappa shape index (κ3) is 6.35. The Kier molecular flexibility index (Phi) is 7.67. The molecule has 0 spiro atoms. The van der Waals surface area contributed by atoms with Crippen LogP contribution in [0.5, 0.6) is 0 Å². The van der Waals surface area contributed by atoms with Crippen LogP contribution in [-0.2, 0) is 0 Å². The van der Waals surface area contributed by atoms with Crippen LogP contribution in [0.2, 0.25) is 0 Å². The maximum Gasteiger partial charge on any atom is -0.00703 e. The van der Waals surface area contributed by atoms with Crippen LogP contribution in [0.1, 0.15) is 25.7 Å². The molecule has 0 unspecified atom stereocenters. The number of hydrogen-bond donors (Lipinski definition) is 0.